The number of para-hydroxylation sites is 1. The summed E-state index contributed by atoms with van der Waals surface area (Å²) in [5.74, 6) is 0.359. The molecule has 0 saturated heterocycles. The highest BCUT2D eigenvalue weighted by Crippen LogP contribution is 2.43. The van der Waals surface area contributed by atoms with Crippen molar-refractivity contribution in [1.29, 1.82) is 0 Å². The first kappa shape index (κ1) is 28.8. The van der Waals surface area contributed by atoms with E-state index in [1.807, 2.05) is 0 Å². The van der Waals surface area contributed by atoms with Crippen LogP contribution in [0.5, 0.6) is 0 Å². The molecule has 1 atom stereocenters. The zero-order valence-corrected chi connectivity index (χ0v) is 26.5. The van der Waals surface area contributed by atoms with Gasteiger partial charge in [0.05, 0.1) is 0 Å². The molecule has 0 aliphatic heterocycles. The van der Waals surface area contributed by atoms with Crippen LogP contribution in [0.4, 0.5) is 11.4 Å². The van der Waals surface area contributed by atoms with Gasteiger partial charge in [-0.05, 0) is 105 Å². The van der Waals surface area contributed by atoms with E-state index in [1.165, 1.54) is 66.4 Å². The predicted molar refractivity (Wildman–Crippen MR) is 203 cm³/mol. The molecule has 0 amide bonds. The molecule has 8 rings (SSSR count). The Hall–Kier alpha value is -5.66. The van der Waals surface area contributed by atoms with Crippen LogP contribution in [0, 0.1) is 5.92 Å². The summed E-state index contributed by atoms with van der Waals surface area (Å²) in [6.07, 6.45) is 21.7. The normalized spacial score (nSPS) is 16.0. The molecule has 0 aromatic heterocycles. The summed E-state index contributed by atoms with van der Waals surface area (Å²) in [5, 5.41) is 5.21. The van der Waals surface area contributed by atoms with Crippen molar-refractivity contribution in [2.24, 2.45) is 5.92 Å². The zero-order chi connectivity index (χ0) is 31.4. The highest BCUT2D eigenvalue weighted by Gasteiger charge is 2.18. The van der Waals surface area contributed by atoms with E-state index >= 15 is 0 Å². The third-order valence-corrected chi connectivity index (χ3v) is 9.35. The Balaban J connectivity index is 1.06. The molecule has 1 heteroatoms. The molecule has 1 unspecified atom stereocenters. The molecule has 6 aromatic carbocycles. The lowest BCUT2D eigenvalue weighted by Crippen LogP contribution is -2.16. The molecule has 226 valence electrons. The number of nitrogens with zero attached hydrogens (tertiary/aromatic N) is 1. The molecule has 2 aliphatic carbocycles. The van der Waals surface area contributed by atoms with E-state index in [1.54, 1.807) is 0 Å². The number of hydrogen-bond acceptors (Lipinski definition) is 1. The average molecular weight is 604 g/mol. The van der Waals surface area contributed by atoms with Crippen molar-refractivity contribution < 1.29 is 0 Å². The fourth-order valence-corrected chi connectivity index (χ4v) is 7.08. The minimum absolute atomic E-state index is 0.359. The third kappa shape index (κ3) is 5.77. The van der Waals surface area contributed by atoms with Gasteiger partial charge in [0, 0.05) is 17.1 Å². The lowest BCUT2D eigenvalue weighted by Gasteiger charge is -2.27. The van der Waals surface area contributed by atoms with Crippen LogP contribution >= 0.6 is 0 Å². The van der Waals surface area contributed by atoms with E-state index in [9.17, 15) is 0 Å². The SMILES string of the molecule is C1=CC(N(c2ccccc2)c2ccc(/C=C/C3C=CC(c4c5ccccc5c(-c5ccccc5)c5ccccc45)=CC3)cc2)=CCC1. The number of fused-ring (bicyclic) bond motifs is 2. The molecule has 0 bridgehead atoms. The molecule has 2 aliphatic rings. The van der Waals surface area contributed by atoms with Gasteiger partial charge >= 0.3 is 0 Å². The van der Waals surface area contributed by atoms with Gasteiger partial charge in [-0.3, -0.25) is 0 Å². The van der Waals surface area contributed by atoms with E-state index in [-0.39, 0.29) is 0 Å². The molecule has 0 radical (unpaired) electrons. The number of benzene rings is 6. The fourth-order valence-electron chi connectivity index (χ4n) is 7.08. The smallest absolute Gasteiger partial charge is 0.0461 e. The van der Waals surface area contributed by atoms with Gasteiger partial charge in [-0.1, -0.05) is 152 Å². The van der Waals surface area contributed by atoms with Crippen LogP contribution < -0.4 is 4.90 Å². The number of anilines is 2. The topological polar surface area (TPSA) is 3.24 Å². The number of rotatable bonds is 7. The predicted octanol–water partition coefficient (Wildman–Crippen LogP) is 12.7. The van der Waals surface area contributed by atoms with Crippen molar-refractivity contribution in [2.75, 3.05) is 4.90 Å². The van der Waals surface area contributed by atoms with Gasteiger partial charge in [0.2, 0.25) is 0 Å². The number of hydrogen-bond donors (Lipinski definition) is 0. The summed E-state index contributed by atoms with van der Waals surface area (Å²) in [6, 6.07) is 48.2. The first-order valence-electron chi connectivity index (χ1n) is 16.7. The quantitative estimate of drug-likeness (QED) is 0.164. The van der Waals surface area contributed by atoms with Gasteiger partial charge in [0.25, 0.3) is 0 Å². The largest absolute Gasteiger partial charge is 0.311 e. The number of allylic oxidation sites excluding steroid dienone is 8. The molecule has 0 heterocycles. The molecule has 0 N–H and O–H groups in total. The Labute approximate surface area is 277 Å². The van der Waals surface area contributed by atoms with Crippen LogP contribution in [-0.4, -0.2) is 0 Å². The van der Waals surface area contributed by atoms with Crippen molar-refractivity contribution in [3.63, 3.8) is 0 Å². The van der Waals surface area contributed by atoms with Gasteiger partial charge in [0.1, 0.15) is 0 Å². The molecule has 0 fully saturated rings. The molecule has 47 heavy (non-hydrogen) atoms. The van der Waals surface area contributed by atoms with Gasteiger partial charge in [-0.15, -0.1) is 0 Å². The van der Waals surface area contributed by atoms with Crippen molar-refractivity contribution in [2.45, 2.75) is 19.3 Å². The van der Waals surface area contributed by atoms with Gasteiger partial charge in [-0.2, -0.15) is 0 Å². The highest BCUT2D eigenvalue weighted by atomic mass is 15.1. The molecule has 6 aromatic rings. The van der Waals surface area contributed by atoms with E-state index in [4.69, 9.17) is 0 Å². The monoisotopic (exact) mass is 603 g/mol. The average Bonchev–Trinajstić information content (AvgIpc) is 3.15. The molecule has 1 nitrogen and oxygen atoms in total. The zero-order valence-electron chi connectivity index (χ0n) is 26.5. The Bertz CT molecular complexity index is 2140. The molecular weight excluding hydrogens is 567 g/mol. The van der Waals surface area contributed by atoms with Crippen LogP contribution in [0.15, 0.2) is 182 Å². The summed E-state index contributed by atoms with van der Waals surface area (Å²) in [4.78, 5) is 2.35. The molecule has 0 saturated carbocycles. The summed E-state index contributed by atoms with van der Waals surface area (Å²) in [6.45, 7) is 0. The first-order valence-corrected chi connectivity index (χ1v) is 16.7. The molecule has 0 spiro atoms. The molecular formula is C46H37N. The summed E-state index contributed by atoms with van der Waals surface area (Å²) in [7, 11) is 0. The standard InChI is InChI=1S/C46H37N/c1-4-14-36(15-5-1)45-41-20-10-12-22-43(41)46(44-23-13-11-21-42(44)45)37-30-26-34(27-31-37)24-25-35-28-32-40(33-29-35)47(38-16-6-2-7-17-38)39-18-8-3-9-19-39/h1-2,4-8,10-26,28-34H,3,9,27H2/b25-24+. The van der Waals surface area contributed by atoms with E-state index in [0.29, 0.717) is 5.92 Å². The van der Waals surface area contributed by atoms with Gasteiger partial charge < -0.3 is 4.90 Å². The highest BCUT2D eigenvalue weighted by molar-refractivity contribution is 6.19. The summed E-state index contributed by atoms with van der Waals surface area (Å²) >= 11 is 0. The van der Waals surface area contributed by atoms with E-state index in [2.05, 4.69) is 187 Å². The Morgan fingerprint density at radius 2 is 1.13 bits per heavy atom. The minimum Gasteiger partial charge on any atom is -0.311 e. The van der Waals surface area contributed by atoms with Crippen LogP contribution in [-0.2, 0) is 0 Å². The maximum absolute atomic E-state index is 2.43. The Kier molecular flexibility index (Phi) is 7.95. The Morgan fingerprint density at radius 3 is 1.72 bits per heavy atom. The van der Waals surface area contributed by atoms with Crippen molar-refractivity contribution in [3.05, 3.63) is 193 Å². The van der Waals surface area contributed by atoms with Gasteiger partial charge in [0.15, 0.2) is 0 Å². The first-order chi connectivity index (χ1) is 23.3. The van der Waals surface area contributed by atoms with E-state index in [0.717, 1.165) is 19.3 Å². The third-order valence-electron chi connectivity index (χ3n) is 9.35. The second-order valence-corrected chi connectivity index (χ2v) is 12.4. The van der Waals surface area contributed by atoms with Crippen molar-refractivity contribution >= 4 is 44.6 Å². The Morgan fingerprint density at radius 1 is 0.532 bits per heavy atom. The van der Waals surface area contributed by atoms with Crippen LogP contribution in [0.3, 0.4) is 0 Å². The lowest BCUT2D eigenvalue weighted by molar-refractivity contribution is 0.829. The van der Waals surface area contributed by atoms with Crippen LogP contribution in [0.25, 0.3) is 44.3 Å². The lowest BCUT2D eigenvalue weighted by atomic mass is 9.83. The second-order valence-electron chi connectivity index (χ2n) is 12.4. The summed E-state index contributed by atoms with van der Waals surface area (Å²) < 4.78 is 0. The minimum atomic E-state index is 0.359. The van der Waals surface area contributed by atoms with E-state index < -0.39 is 0 Å². The second kappa shape index (κ2) is 13.0. The van der Waals surface area contributed by atoms with Crippen molar-refractivity contribution in [3.8, 4) is 11.1 Å². The van der Waals surface area contributed by atoms with Gasteiger partial charge in [-0.25, -0.2) is 0 Å². The van der Waals surface area contributed by atoms with Crippen LogP contribution in [0.1, 0.15) is 30.4 Å². The van der Waals surface area contributed by atoms with Crippen LogP contribution in [0.2, 0.25) is 0 Å². The maximum Gasteiger partial charge on any atom is 0.0461 e. The summed E-state index contributed by atoms with van der Waals surface area (Å²) in [5.41, 5.74) is 10.0. The fraction of sp³-hybridized carbons (Fsp3) is 0.0870. The maximum atomic E-state index is 2.43. The van der Waals surface area contributed by atoms with Crippen molar-refractivity contribution in [1.82, 2.24) is 0 Å².